The van der Waals surface area contributed by atoms with Gasteiger partial charge in [-0.25, -0.2) is 0 Å². The van der Waals surface area contributed by atoms with Crippen LogP contribution in [0.15, 0.2) is 10.5 Å². The van der Waals surface area contributed by atoms with Gasteiger partial charge in [0, 0.05) is 12.5 Å². The lowest BCUT2D eigenvalue weighted by molar-refractivity contribution is -0.183. The van der Waals surface area contributed by atoms with E-state index in [1.54, 1.807) is 14.2 Å². The van der Waals surface area contributed by atoms with Gasteiger partial charge in [0.2, 0.25) is 5.79 Å². The third-order valence-corrected chi connectivity index (χ3v) is 4.16. The fourth-order valence-corrected chi connectivity index (χ4v) is 3.42. The van der Waals surface area contributed by atoms with E-state index in [1.165, 1.54) is 0 Å². The molecule has 0 aromatic heterocycles. The Kier molecular flexibility index (Phi) is 3.32. The lowest BCUT2D eigenvalue weighted by Gasteiger charge is -2.35. The molecular formula is C13H15BrO5. The van der Waals surface area contributed by atoms with E-state index >= 15 is 0 Å². The second-order valence-corrected chi connectivity index (χ2v) is 5.14. The highest BCUT2D eigenvalue weighted by atomic mass is 79.9. The molecule has 1 aromatic rings. The van der Waals surface area contributed by atoms with Gasteiger partial charge in [0.15, 0.2) is 11.5 Å². The van der Waals surface area contributed by atoms with Crippen molar-refractivity contribution in [3.8, 4) is 17.2 Å². The van der Waals surface area contributed by atoms with Gasteiger partial charge in [0.05, 0.1) is 44.1 Å². The van der Waals surface area contributed by atoms with Gasteiger partial charge < -0.3 is 23.7 Å². The standard InChI is InChI=1S/C13H15BrO5/c1-15-9-7-8-10(11(14)12(9)16-2)13(3-4-17-8)18-5-6-19-13/h7H,3-6H2,1-2H3. The summed E-state index contributed by atoms with van der Waals surface area (Å²) in [5.41, 5.74) is 0.842. The quantitative estimate of drug-likeness (QED) is 0.833. The zero-order valence-electron chi connectivity index (χ0n) is 10.8. The number of fused-ring (bicyclic) bond motifs is 2. The summed E-state index contributed by atoms with van der Waals surface area (Å²) in [6.45, 7) is 1.72. The molecule has 3 rings (SSSR count). The Hall–Kier alpha value is -0.980. The summed E-state index contributed by atoms with van der Waals surface area (Å²) in [6.07, 6.45) is 0.661. The van der Waals surface area contributed by atoms with Crippen molar-refractivity contribution < 1.29 is 23.7 Å². The minimum absolute atomic E-state index is 0.551. The zero-order valence-corrected chi connectivity index (χ0v) is 12.4. The van der Waals surface area contributed by atoms with Gasteiger partial charge in [-0.1, -0.05) is 0 Å². The smallest absolute Gasteiger partial charge is 0.203 e. The average molecular weight is 331 g/mol. The van der Waals surface area contributed by atoms with Crippen LogP contribution in [0.25, 0.3) is 0 Å². The Bertz CT molecular complexity index is 496. The highest BCUT2D eigenvalue weighted by molar-refractivity contribution is 9.10. The van der Waals surface area contributed by atoms with Crippen LogP contribution in [-0.4, -0.2) is 34.0 Å². The van der Waals surface area contributed by atoms with E-state index in [2.05, 4.69) is 15.9 Å². The zero-order chi connectivity index (χ0) is 13.5. The summed E-state index contributed by atoms with van der Waals surface area (Å²) < 4.78 is 28.8. The molecule has 104 valence electrons. The van der Waals surface area contributed by atoms with Crippen molar-refractivity contribution in [1.82, 2.24) is 0 Å². The van der Waals surface area contributed by atoms with Crippen LogP contribution in [0.4, 0.5) is 0 Å². The van der Waals surface area contributed by atoms with Gasteiger partial charge in [-0.05, 0) is 15.9 Å². The number of rotatable bonds is 2. The normalized spacial score (nSPS) is 19.9. The summed E-state index contributed by atoms with van der Waals surface area (Å²) in [5, 5.41) is 0. The first-order valence-corrected chi connectivity index (χ1v) is 6.87. The molecule has 0 saturated carbocycles. The number of hydrogen-bond acceptors (Lipinski definition) is 5. The monoisotopic (exact) mass is 330 g/mol. The molecule has 5 nitrogen and oxygen atoms in total. The van der Waals surface area contributed by atoms with Crippen molar-refractivity contribution >= 4 is 15.9 Å². The molecule has 2 aliphatic rings. The van der Waals surface area contributed by atoms with Crippen LogP contribution < -0.4 is 14.2 Å². The Morgan fingerprint density at radius 1 is 1.16 bits per heavy atom. The molecule has 6 heteroatoms. The van der Waals surface area contributed by atoms with Crippen LogP contribution in [-0.2, 0) is 15.3 Å². The van der Waals surface area contributed by atoms with Crippen LogP contribution in [0.2, 0.25) is 0 Å². The van der Waals surface area contributed by atoms with Crippen molar-refractivity contribution in [2.45, 2.75) is 12.2 Å². The number of methoxy groups -OCH3 is 2. The number of halogens is 1. The fourth-order valence-electron chi connectivity index (χ4n) is 2.56. The first-order valence-electron chi connectivity index (χ1n) is 6.07. The van der Waals surface area contributed by atoms with Gasteiger partial charge >= 0.3 is 0 Å². The lowest BCUT2D eigenvalue weighted by Crippen LogP contribution is -2.34. The minimum Gasteiger partial charge on any atom is -0.493 e. The maximum atomic E-state index is 5.83. The Morgan fingerprint density at radius 2 is 1.89 bits per heavy atom. The van der Waals surface area contributed by atoms with Crippen molar-refractivity contribution in [3.05, 3.63) is 16.1 Å². The Labute approximate surface area is 119 Å². The average Bonchev–Trinajstić information content (AvgIpc) is 2.87. The van der Waals surface area contributed by atoms with E-state index in [-0.39, 0.29) is 0 Å². The van der Waals surface area contributed by atoms with Crippen molar-refractivity contribution in [2.24, 2.45) is 0 Å². The molecule has 2 aliphatic heterocycles. The van der Waals surface area contributed by atoms with Crippen LogP contribution >= 0.6 is 15.9 Å². The molecule has 0 unspecified atom stereocenters. The summed E-state index contributed by atoms with van der Waals surface area (Å²) in [6, 6.07) is 1.81. The number of benzene rings is 1. The molecule has 0 N–H and O–H groups in total. The Balaban J connectivity index is 2.20. The van der Waals surface area contributed by atoms with Gasteiger partial charge in [-0.3, -0.25) is 0 Å². The van der Waals surface area contributed by atoms with Gasteiger partial charge in [-0.2, -0.15) is 0 Å². The van der Waals surface area contributed by atoms with Crippen LogP contribution in [0.5, 0.6) is 17.2 Å². The van der Waals surface area contributed by atoms with E-state index in [9.17, 15) is 0 Å². The minimum atomic E-state index is -0.730. The maximum Gasteiger partial charge on any atom is 0.203 e. The summed E-state index contributed by atoms with van der Waals surface area (Å²) in [7, 11) is 3.19. The highest BCUT2D eigenvalue weighted by Crippen LogP contribution is 2.52. The second kappa shape index (κ2) is 4.85. The van der Waals surface area contributed by atoms with E-state index in [4.69, 9.17) is 23.7 Å². The van der Waals surface area contributed by atoms with Crippen molar-refractivity contribution in [3.63, 3.8) is 0 Å². The molecular weight excluding hydrogens is 316 g/mol. The van der Waals surface area contributed by atoms with E-state index in [0.717, 1.165) is 10.0 Å². The maximum absolute atomic E-state index is 5.83. The second-order valence-electron chi connectivity index (χ2n) is 4.35. The SMILES string of the molecule is COc1cc2c(c(Br)c1OC)C1(CCO2)OCCO1. The first-order chi connectivity index (χ1) is 9.22. The molecule has 0 amide bonds. The van der Waals surface area contributed by atoms with E-state index < -0.39 is 5.79 Å². The van der Waals surface area contributed by atoms with Crippen LogP contribution in [0, 0.1) is 0 Å². The summed E-state index contributed by atoms with van der Waals surface area (Å²) >= 11 is 3.56. The third kappa shape index (κ3) is 1.89. The summed E-state index contributed by atoms with van der Waals surface area (Å²) in [4.78, 5) is 0. The van der Waals surface area contributed by atoms with E-state index in [0.29, 0.717) is 43.5 Å². The summed E-state index contributed by atoms with van der Waals surface area (Å²) in [5.74, 6) is 1.21. The number of hydrogen-bond donors (Lipinski definition) is 0. The predicted molar refractivity (Wildman–Crippen MR) is 70.9 cm³/mol. The van der Waals surface area contributed by atoms with Gasteiger partial charge in [-0.15, -0.1) is 0 Å². The molecule has 19 heavy (non-hydrogen) atoms. The molecule has 0 aliphatic carbocycles. The topological polar surface area (TPSA) is 46.2 Å². The molecule has 2 heterocycles. The van der Waals surface area contributed by atoms with Crippen LogP contribution in [0.1, 0.15) is 12.0 Å². The Morgan fingerprint density at radius 3 is 2.53 bits per heavy atom. The molecule has 0 atom stereocenters. The van der Waals surface area contributed by atoms with Gasteiger partial charge in [0.1, 0.15) is 5.75 Å². The van der Waals surface area contributed by atoms with Crippen molar-refractivity contribution in [2.75, 3.05) is 34.0 Å². The van der Waals surface area contributed by atoms with Gasteiger partial charge in [0.25, 0.3) is 0 Å². The molecule has 1 fully saturated rings. The van der Waals surface area contributed by atoms with Crippen molar-refractivity contribution in [1.29, 1.82) is 0 Å². The largest absolute Gasteiger partial charge is 0.493 e. The predicted octanol–water partition coefficient (Wildman–Crippen LogP) is 2.45. The highest BCUT2D eigenvalue weighted by Gasteiger charge is 2.46. The first kappa shape index (κ1) is 13.0. The lowest BCUT2D eigenvalue weighted by atomic mass is 9.98. The molecule has 1 saturated heterocycles. The van der Waals surface area contributed by atoms with E-state index in [1.807, 2.05) is 6.07 Å². The fraction of sp³-hybridized carbons (Fsp3) is 0.538. The van der Waals surface area contributed by atoms with Crippen LogP contribution in [0.3, 0.4) is 0 Å². The molecule has 1 spiro atoms. The molecule has 0 bridgehead atoms. The number of ether oxygens (including phenoxy) is 5. The third-order valence-electron chi connectivity index (χ3n) is 3.40. The molecule has 1 aromatic carbocycles. The molecule has 0 radical (unpaired) electrons.